The first-order chi connectivity index (χ1) is 20.1. The van der Waals surface area contributed by atoms with E-state index >= 15 is 0 Å². The first kappa shape index (κ1) is 27.9. The molecular formula is C29H25F3N4O5S. The highest BCUT2D eigenvalue weighted by Gasteiger charge is 2.35. The van der Waals surface area contributed by atoms with Crippen molar-refractivity contribution in [1.29, 1.82) is 0 Å². The van der Waals surface area contributed by atoms with Gasteiger partial charge in [0, 0.05) is 29.5 Å². The minimum absolute atomic E-state index is 0.00947. The molecule has 1 fully saturated rings. The van der Waals surface area contributed by atoms with Gasteiger partial charge in [0.05, 0.1) is 41.4 Å². The van der Waals surface area contributed by atoms with E-state index in [2.05, 4.69) is 25.0 Å². The maximum Gasteiger partial charge on any atom is 0.387 e. The molecule has 9 nitrogen and oxygen atoms in total. The van der Waals surface area contributed by atoms with Crippen LogP contribution in [0.1, 0.15) is 52.5 Å². The van der Waals surface area contributed by atoms with Gasteiger partial charge in [-0.3, -0.25) is 9.78 Å². The summed E-state index contributed by atoms with van der Waals surface area (Å²) in [5.41, 5.74) is 0.932. The van der Waals surface area contributed by atoms with Crippen LogP contribution in [0.15, 0.2) is 53.6 Å². The van der Waals surface area contributed by atoms with E-state index in [1.807, 2.05) is 6.07 Å². The third-order valence-corrected chi connectivity index (χ3v) is 8.95. The highest BCUT2D eigenvalue weighted by molar-refractivity contribution is 7.92. The zero-order valence-corrected chi connectivity index (χ0v) is 23.1. The number of amides is 1. The molecule has 1 atom stereocenters. The van der Waals surface area contributed by atoms with Crippen molar-refractivity contribution in [3.8, 4) is 22.9 Å². The summed E-state index contributed by atoms with van der Waals surface area (Å²) in [7, 11) is -4.30. The minimum Gasteiger partial charge on any atom is -0.492 e. The number of carbonyl (C=O) groups excluding carboxylic acids is 1. The highest BCUT2D eigenvalue weighted by Crippen LogP contribution is 2.44. The maximum absolute atomic E-state index is 14.3. The Morgan fingerprint density at radius 2 is 1.86 bits per heavy atom. The van der Waals surface area contributed by atoms with E-state index in [4.69, 9.17) is 4.74 Å². The Balaban J connectivity index is 1.23. The number of ether oxygens (including phenoxy) is 2. The van der Waals surface area contributed by atoms with Crippen molar-refractivity contribution in [2.75, 3.05) is 6.61 Å². The number of halogens is 3. The van der Waals surface area contributed by atoms with E-state index in [0.717, 1.165) is 24.3 Å². The Morgan fingerprint density at radius 1 is 1.10 bits per heavy atom. The molecule has 42 heavy (non-hydrogen) atoms. The van der Waals surface area contributed by atoms with Gasteiger partial charge in [-0.15, -0.1) is 0 Å². The molecule has 218 valence electrons. The zero-order valence-electron chi connectivity index (χ0n) is 22.3. The molecule has 13 heteroatoms. The molecule has 2 aliphatic rings. The summed E-state index contributed by atoms with van der Waals surface area (Å²) in [5, 5.41) is 3.45. The fourth-order valence-electron chi connectivity index (χ4n) is 4.84. The van der Waals surface area contributed by atoms with E-state index < -0.39 is 27.9 Å². The Kier molecular flexibility index (Phi) is 7.21. The molecular weight excluding hydrogens is 573 g/mol. The number of nitrogens with one attached hydrogen (secondary N) is 1. The van der Waals surface area contributed by atoms with Crippen molar-refractivity contribution in [3.05, 3.63) is 71.2 Å². The Labute approximate surface area is 239 Å². The molecule has 1 amide bonds. The summed E-state index contributed by atoms with van der Waals surface area (Å²) in [4.78, 5) is 26.2. The Bertz CT molecular complexity index is 1820. The minimum atomic E-state index is -4.30. The van der Waals surface area contributed by atoms with Crippen LogP contribution in [-0.4, -0.2) is 48.0 Å². The average Bonchev–Trinajstić information content (AvgIpc) is 3.82. The molecule has 4 heterocycles. The Hall–Kier alpha value is -4.26. The number of fused-ring (bicyclic) bond motifs is 2. The predicted molar refractivity (Wildman–Crippen MR) is 146 cm³/mol. The summed E-state index contributed by atoms with van der Waals surface area (Å²) < 4.78 is 75.4. The summed E-state index contributed by atoms with van der Waals surface area (Å²) in [6.07, 6.45) is 3.02. The fourth-order valence-corrected chi connectivity index (χ4v) is 6.29. The quantitative estimate of drug-likeness (QED) is 0.306. The molecule has 1 saturated carbocycles. The second-order valence-electron chi connectivity index (χ2n) is 10.2. The number of aryl methyl sites for hydroxylation is 1. The number of benzene rings is 1. The Morgan fingerprint density at radius 3 is 2.62 bits per heavy atom. The molecule has 0 unspecified atom stereocenters. The lowest BCUT2D eigenvalue weighted by Gasteiger charge is -2.13. The van der Waals surface area contributed by atoms with Crippen molar-refractivity contribution < 1.29 is 35.9 Å². The summed E-state index contributed by atoms with van der Waals surface area (Å²) in [6.45, 7) is -1.42. The van der Waals surface area contributed by atoms with Gasteiger partial charge in [0.2, 0.25) is 15.3 Å². The van der Waals surface area contributed by atoms with Gasteiger partial charge in [-0.1, -0.05) is 0 Å². The monoisotopic (exact) mass is 598 g/mol. The van der Waals surface area contributed by atoms with Crippen molar-refractivity contribution >= 4 is 26.6 Å². The number of rotatable bonds is 7. The van der Waals surface area contributed by atoms with E-state index in [9.17, 15) is 26.4 Å². The van der Waals surface area contributed by atoms with Crippen molar-refractivity contribution in [2.24, 2.45) is 0 Å². The third kappa shape index (κ3) is 5.48. The van der Waals surface area contributed by atoms with E-state index in [1.165, 1.54) is 12.1 Å². The molecule has 1 aliphatic heterocycles. The smallest absolute Gasteiger partial charge is 0.387 e. The highest BCUT2D eigenvalue weighted by atomic mass is 32.2. The largest absolute Gasteiger partial charge is 0.492 e. The van der Waals surface area contributed by atoms with Gasteiger partial charge in [-0.2, -0.15) is 8.78 Å². The number of aromatic nitrogens is 3. The predicted octanol–water partition coefficient (Wildman–Crippen LogP) is 5.26. The van der Waals surface area contributed by atoms with Gasteiger partial charge in [0.25, 0.3) is 5.91 Å². The molecule has 1 aliphatic carbocycles. The molecule has 0 bridgehead atoms. The molecule has 0 saturated heterocycles. The van der Waals surface area contributed by atoms with Gasteiger partial charge >= 0.3 is 6.61 Å². The third-order valence-electron chi connectivity index (χ3n) is 7.13. The average molecular weight is 599 g/mol. The molecule has 1 N–H and O–H groups in total. The topological polar surface area (TPSA) is 120 Å². The van der Waals surface area contributed by atoms with Crippen LogP contribution < -0.4 is 14.8 Å². The molecule has 4 aromatic rings. The van der Waals surface area contributed by atoms with Crippen LogP contribution in [0.3, 0.4) is 0 Å². The molecule has 1 aromatic carbocycles. The van der Waals surface area contributed by atoms with Gasteiger partial charge in [-0.25, -0.2) is 22.8 Å². The van der Waals surface area contributed by atoms with Gasteiger partial charge in [0.15, 0.2) is 0 Å². The second kappa shape index (κ2) is 10.9. The van der Waals surface area contributed by atoms with Crippen LogP contribution in [0.2, 0.25) is 0 Å². The number of hydrogen-bond donors (Lipinski definition) is 1. The first-order valence-electron chi connectivity index (χ1n) is 13.3. The van der Waals surface area contributed by atoms with Gasteiger partial charge < -0.3 is 14.8 Å². The van der Waals surface area contributed by atoms with Crippen molar-refractivity contribution in [1.82, 2.24) is 20.3 Å². The lowest BCUT2D eigenvalue weighted by atomic mass is 10.1. The van der Waals surface area contributed by atoms with Crippen molar-refractivity contribution in [3.63, 3.8) is 0 Å². The van der Waals surface area contributed by atoms with Crippen LogP contribution in [0.5, 0.6) is 11.5 Å². The second-order valence-corrected chi connectivity index (χ2v) is 12.2. The number of pyridine rings is 3. The number of hydrogen-bond acceptors (Lipinski definition) is 8. The summed E-state index contributed by atoms with van der Waals surface area (Å²) >= 11 is 0. The zero-order chi connectivity index (χ0) is 29.6. The lowest BCUT2D eigenvalue weighted by Crippen LogP contribution is -2.24. The van der Waals surface area contributed by atoms with Gasteiger partial charge in [0.1, 0.15) is 16.4 Å². The van der Waals surface area contributed by atoms with Crippen LogP contribution >= 0.6 is 0 Å². The summed E-state index contributed by atoms with van der Waals surface area (Å²) in [5.74, 6) is -0.367. The number of sulfone groups is 1. The van der Waals surface area contributed by atoms with Crippen LogP contribution in [0.4, 0.5) is 13.2 Å². The maximum atomic E-state index is 14.3. The number of nitrogens with zero attached hydrogens (tertiary/aromatic N) is 3. The fraction of sp³-hybridized carbons (Fsp3) is 0.310. The number of carbonyl (C=O) groups is 1. The number of alkyl halides is 3. The normalized spacial score (nSPS) is 17.8. The first-order valence-corrected chi connectivity index (χ1v) is 14.8. The van der Waals surface area contributed by atoms with Crippen molar-refractivity contribution in [2.45, 2.75) is 55.7 Å². The molecule has 0 spiro atoms. The van der Waals surface area contributed by atoms with Crippen LogP contribution in [-0.2, 0) is 16.4 Å². The van der Waals surface area contributed by atoms with E-state index in [-0.39, 0.29) is 47.4 Å². The standard InChI is InChI=1S/C29H25F3N4O5S/c1-15-10-18(11-24-27(15)40-9-8-25(30)42(24,38)39)28(37)34-14-19-12-22-17(13-33-19)4-5-20(35-22)21-6-7-23(41-29(31)32)26(36-21)16-2-3-16/h4-7,10-13,16,25,29H,2-3,8-9,14H2,1H3,(H,34,37)/t25-/m1/s1. The molecule has 3 aromatic heterocycles. The van der Waals surface area contributed by atoms with Gasteiger partial charge in [-0.05, 0) is 67.8 Å². The van der Waals surface area contributed by atoms with E-state index in [0.29, 0.717) is 33.9 Å². The SMILES string of the molecule is Cc1cc(C(=O)NCc2cc3nc(-c4ccc(OC(F)F)c(C5CC5)n4)ccc3cn2)cc2c1OCC[C@H](F)S2(=O)=O. The van der Waals surface area contributed by atoms with Crippen LogP contribution in [0.25, 0.3) is 22.3 Å². The van der Waals surface area contributed by atoms with E-state index in [1.54, 1.807) is 31.3 Å². The lowest BCUT2D eigenvalue weighted by molar-refractivity contribution is -0.0507. The molecule has 6 rings (SSSR count). The van der Waals surface area contributed by atoms with Crippen LogP contribution in [0, 0.1) is 6.92 Å². The summed E-state index contributed by atoms with van der Waals surface area (Å²) in [6, 6.07) is 11.0. The molecule has 0 radical (unpaired) electrons.